The van der Waals surface area contributed by atoms with Crippen molar-refractivity contribution in [2.24, 2.45) is 5.92 Å². The molecule has 0 bridgehead atoms. The lowest BCUT2D eigenvalue weighted by molar-refractivity contribution is -0.141. The standard InChI is InChI=1S/C20H28FN3O4S/c1-12(2)7-19-20(26)23-10-15(22-14(4)25)8-16(23)11-24(19)29(27,28)17-6-5-13(3)18(21)9-17/h5-6,9,12,15-16,19H,7-8,10-11H2,1-4H3,(H,22,25)/t15-,16-,19-/m0/s1. The van der Waals surface area contributed by atoms with Crippen molar-refractivity contribution in [3.8, 4) is 0 Å². The maximum Gasteiger partial charge on any atom is 0.243 e. The third-order valence-corrected chi connectivity index (χ3v) is 7.44. The summed E-state index contributed by atoms with van der Waals surface area (Å²) in [5.74, 6) is -0.927. The van der Waals surface area contributed by atoms with Gasteiger partial charge >= 0.3 is 0 Å². The van der Waals surface area contributed by atoms with Crippen molar-refractivity contribution in [1.29, 1.82) is 0 Å². The number of hydrogen-bond donors (Lipinski definition) is 1. The van der Waals surface area contributed by atoms with Gasteiger partial charge in [0.15, 0.2) is 0 Å². The highest BCUT2D eigenvalue weighted by Crippen LogP contribution is 2.33. The predicted molar refractivity (Wildman–Crippen MR) is 106 cm³/mol. The van der Waals surface area contributed by atoms with Crippen molar-refractivity contribution < 1.29 is 22.4 Å². The molecule has 2 saturated heterocycles. The van der Waals surface area contributed by atoms with Gasteiger partial charge in [-0.1, -0.05) is 19.9 Å². The van der Waals surface area contributed by atoms with E-state index >= 15 is 0 Å². The number of benzene rings is 1. The van der Waals surface area contributed by atoms with E-state index in [2.05, 4.69) is 5.32 Å². The van der Waals surface area contributed by atoms with Gasteiger partial charge in [0.05, 0.1) is 4.90 Å². The monoisotopic (exact) mass is 425 g/mol. The van der Waals surface area contributed by atoms with Crippen molar-refractivity contribution in [2.75, 3.05) is 13.1 Å². The molecule has 9 heteroatoms. The van der Waals surface area contributed by atoms with Crippen molar-refractivity contribution in [3.63, 3.8) is 0 Å². The Morgan fingerprint density at radius 2 is 2.00 bits per heavy atom. The molecule has 3 atom stereocenters. The molecule has 0 radical (unpaired) electrons. The Morgan fingerprint density at radius 1 is 1.31 bits per heavy atom. The molecule has 0 aromatic heterocycles. The number of fused-ring (bicyclic) bond motifs is 1. The van der Waals surface area contributed by atoms with Gasteiger partial charge in [-0.2, -0.15) is 4.31 Å². The minimum Gasteiger partial charge on any atom is -0.352 e. The van der Waals surface area contributed by atoms with E-state index in [0.717, 1.165) is 6.07 Å². The summed E-state index contributed by atoms with van der Waals surface area (Å²) in [7, 11) is -4.05. The van der Waals surface area contributed by atoms with Gasteiger partial charge in [0.2, 0.25) is 21.8 Å². The topological polar surface area (TPSA) is 86.8 Å². The SMILES string of the molecule is CC(=O)N[C@H]1C[C@H]2CN(S(=O)(=O)c3ccc(C)c(F)c3)[C@@H](CC(C)C)C(=O)N2C1. The van der Waals surface area contributed by atoms with Crippen molar-refractivity contribution in [1.82, 2.24) is 14.5 Å². The summed E-state index contributed by atoms with van der Waals surface area (Å²) in [5, 5.41) is 2.82. The van der Waals surface area contributed by atoms with Crippen LogP contribution < -0.4 is 5.32 Å². The van der Waals surface area contributed by atoms with Crippen LogP contribution in [0.4, 0.5) is 4.39 Å². The molecular formula is C20H28FN3O4S. The molecule has 0 spiro atoms. The van der Waals surface area contributed by atoms with Crippen LogP contribution in [0.15, 0.2) is 23.1 Å². The number of sulfonamides is 1. The van der Waals surface area contributed by atoms with Gasteiger partial charge in [-0.25, -0.2) is 12.8 Å². The fourth-order valence-corrected chi connectivity index (χ4v) is 5.84. The molecule has 2 amide bonds. The van der Waals surface area contributed by atoms with Crippen LogP contribution in [0.1, 0.15) is 39.2 Å². The predicted octanol–water partition coefficient (Wildman–Crippen LogP) is 1.66. The first-order chi connectivity index (χ1) is 13.5. The number of hydrogen-bond acceptors (Lipinski definition) is 4. The molecule has 2 aliphatic heterocycles. The minimum atomic E-state index is -4.05. The molecule has 1 aromatic rings. The van der Waals surface area contributed by atoms with Crippen LogP contribution in [-0.2, 0) is 19.6 Å². The fraction of sp³-hybridized carbons (Fsp3) is 0.600. The number of halogens is 1. The average Bonchev–Trinajstić information content (AvgIpc) is 3.01. The molecule has 0 saturated carbocycles. The zero-order valence-corrected chi connectivity index (χ0v) is 18.0. The van der Waals surface area contributed by atoms with Crippen LogP contribution in [-0.4, -0.2) is 60.7 Å². The summed E-state index contributed by atoms with van der Waals surface area (Å²) in [5.41, 5.74) is 0.359. The zero-order chi connectivity index (χ0) is 21.5. The number of amides is 2. The van der Waals surface area contributed by atoms with Crippen molar-refractivity contribution in [2.45, 2.75) is 63.6 Å². The molecule has 2 aliphatic rings. The quantitative estimate of drug-likeness (QED) is 0.777. The smallest absolute Gasteiger partial charge is 0.243 e. The normalized spacial score (nSPS) is 25.4. The molecule has 0 unspecified atom stereocenters. The van der Waals surface area contributed by atoms with E-state index in [1.54, 1.807) is 11.8 Å². The van der Waals surface area contributed by atoms with Gasteiger partial charge in [-0.05, 0) is 43.4 Å². The molecule has 3 rings (SSSR count). The second-order valence-corrected chi connectivity index (χ2v) is 10.3. The number of aryl methyl sites for hydroxylation is 1. The summed E-state index contributed by atoms with van der Waals surface area (Å²) in [6, 6.07) is 2.49. The lowest BCUT2D eigenvalue weighted by Gasteiger charge is -2.42. The maximum atomic E-state index is 14.0. The molecule has 7 nitrogen and oxygen atoms in total. The summed E-state index contributed by atoms with van der Waals surface area (Å²) < 4.78 is 42.0. The molecule has 29 heavy (non-hydrogen) atoms. The van der Waals surface area contributed by atoms with Crippen LogP contribution in [0.3, 0.4) is 0 Å². The first kappa shape index (κ1) is 21.7. The van der Waals surface area contributed by atoms with Crippen molar-refractivity contribution >= 4 is 21.8 Å². The van der Waals surface area contributed by atoms with E-state index in [-0.39, 0.29) is 41.3 Å². The summed E-state index contributed by atoms with van der Waals surface area (Å²) in [4.78, 5) is 26.2. The Morgan fingerprint density at radius 3 is 2.59 bits per heavy atom. The number of carbonyl (C=O) groups is 2. The Kier molecular flexibility index (Phi) is 6.01. The van der Waals surface area contributed by atoms with E-state index in [1.165, 1.54) is 23.4 Å². The van der Waals surface area contributed by atoms with Gasteiger partial charge in [0.25, 0.3) is 0 Å². The van der Waals surface area contributed by atoms with Gasteiger partial charge in [-0.15, -0.1) is 0 Å². The molecular weight excluding hydrogens is 397 g/mol. The zero-order valence-electron chi connectivity index (χ0n) is 17.2. The highest BCUT2D eigenvalue weighted by Gasteiger charge is 2.49. The van der Waals surface area contributed by atoms with E-state index in [9.17, 15) is 22.4 Å². The summed E-state index contributed by atoms with van der Waals surface area (Å²) in [6.07, 6.45) is 0.869. The van der Waals surface area contributed by atoms with Crippen molar-refractivity contribution in [3.05, 3.63) is 29.6 Å². The molecule has 1 aromatic carbocycles. The fourth-order valence-electron chi connectivity index (χ4n) is 4.20. The Balaban J connectivity index is 1.96. The maximum absolute atomic E-state index is 14.0. The number of nitrogens with zero attached hydrogens (tertiary/aromatic N) is 2. The van der Waals surface area contributed by atoms with Gasteiger partial charge in [-0.3, -0.25) is 9.59 Å². The third-order valence-electron chi connectivity index (χ3n) is 5.57. The van der Waals surface area contributed by atoms with Crippen LogP contribution in [0.2, 0.25) is 0 Å². The summed E-state index contributed by atoms with van der Waals surface area (Å²) >= 11 is 0. The van der Waals surface area contributed by atoms with E-state index in [1.807, 2.05) is 13.8 Å². The molecule has 0 aliphatic carbocycles. The number of nitrogens with one attached hydrogen (secondary N) is 1. The Bertz CT molecular complexity index is 918. The number of rotatable bonds is 5. The third kappa shape index (κ3) is 4.30. The second kappa shape index (κ2) is 8.02. The highest BCUT2D eigenvalue weighted by atomic mass is 32.2. The average molecular weight is 426 g/mol. The van der Waals surface area contributed by atoms with Gasteiger partial charge < -0.3 is 10.2 Å². The second-order valence-electron chi connectivity index (χ2n) is 8.41. The summed E-state index contributed by atoms with van der Waals surface area (Å²) in [6.45, 7) is 7.36. The lowest BCUT2D eigenvalue weighted by Crippen LogP contribution is -2.61. The van der Waals surface area contributed by atoms with Gasteiger partial charge in [0, 0.05) is 32.1 Å². The Hall–Kier alpha value is -2.00. The molecule has 160 valence electrons. The van der Waals surface area contributed by atoms with E-state index in [0.29, 0.717) is 24.9 Å². The molecule has 2 heterocycles. The highest BCUT2D eigenvalue weighted by molar-refractivity contribution is 7.89. The minimum absolute atomic E-state index is 0.0988. The lowest BCUT2D eigenvalue weighted by atomic mass is 9.99. The largest absolute Gasteiger partial charge is 0.352 e. The first-order valence-electron chi connectivity index (χ1n) is 9.86. The molecule has 2 fully saturated rings. The van der Waals surface area contributed by atoms with Crippen LogP contribution in [0, 0.1) is 18.7 Å². The van der Waals surface area contributed by atoms with Crippen LogP contribution >= 0.6 is 0 Å². The molecule has 1 N–H and O–H groups in total. The van der Waals surface area contributed by atoms with E-state index < -0.39 is 21.9 Å². The number of piperazine rings is 1. The van der Waals surface area contributed by atoms with Crippen LogP contribution in [0.5, 0.6) is 0 Å². The van der Waals surface area contributed by atoms with Crippen LogP contribution in [0.25, 0.3) is 0 Å². The first-order valence-corrected chi connectivity index (χ1v) is 11.3. The Labute approximate surface area is 171 Å². The number of carbonyl (C=O) groups excluding carboxylic acids is 2. The van der Waals surface area contributed by atoms with E-state index in [4.69, 9.17) is 0 Å². The van der Waals surface area contributed by atoms with Gasteiger partial charge in [0.1, 0.15) is 11.9 Å².